The van der Waals surface area contributed by atoms with Gasteiger partial charge in [0.1, 0.15) is 0 Å². The third kappa shape index (κ3) is 4.27. The fraction of sp³-hybridized carbons (Fsp3) is 0.269. The fourth-order valence-corrected chi connectivity index (χ4v) is 6.79. The number of hydrogen-bond donors (Lipinski definition) is 1. The summed E-state index contributed by atoms with van der Waals surface area (Å²) in [5.74, 6) is -0.354. The Morgan fingerprint density at radius 2 is 1.83 bits per heavy atom. The monoisotopic (exact) mass is 488 g/mol. The maximum absolute atomic E-state index is 13.5. The standard InChI is InChI=1S/C26H24N4O4S/c1-17(31)28-22-5-7-23(8-6-22)35(33,34)29-14-19-12-21(16-29)26-24(9-10-25(32)30(26)15-19)20-4-2-3-18(11-20)13-27/h2-11,19,21H,12,14-16H2,1H3,(H,28,31)/t19-,21-/m1/s1. The molecule has 35 heavy (non-hydrogen) atoms. The lowest BCUT2D eigenvalue weighted by Gasteiger charge is -2.42. The van der Waals surface area contributed by atoms with Crippen LogP contribution in [-0.2, 0) is 21.4 Å². The quantitative estimate of drug-likeness (QED) is 0.606. The van der Waals surface area contributed by atoms with Crippen molar-refractivity contribution in [2.24, 2.45) is 5.92 Å². The Labute approximate surface area is 203 Å². The number of anilines is 1. The maximum atomic E-state index is 13.5. The Hall–Kier alpha value is -3.74. The number of nitriles is 1. The van der Waals surface area contributed by atoms with Gasteiger partial charge in [-0.2, -0.15) is 9.57 Å². The summed E-state index contributed by atoms with van der Waals surface area (Å²) in [5, 5.41) is 12.0. The fourth-order valence-electron chi connectivity index (χ4n) is 5.23. The number of hydrogen-bond acceptors (Lipinski definition) is 5. The Balaban J connectivity index is 1.51. The molecule has 178 valence electrons. The summed E-state index contributed by atoms with van der Waals surface area (Å²) in [4.78, 5) is 24.2. The molecule has 2 aromatic carbocycles. The highest BCUT2D eigenvalue weighted by Crippen LogP contribution is 2.41. The highest BCUT2D eigenvalue weighted by molar-refractivity contribution is 7.89. The third-order valence-electron chi connectivity index (χ3n) is 6.67. The molecule has 5 rings (SSSR count). The second kappa shape index (κ2) is 8.80. The van der Waals surface area contributed by atoms with Crippen LogP contribution < -0.4 is 10.9 Å². The molecular formula is C26H24N4O4S. The summed E-state index contributed by atoms with van der Waals surface area (Å²) in [5.41, 5.74) is 3.47. The van der Waals surface area contributed by atoms with Gasteiger partial charge in [-0.1, -0.05) is 12.1 Å². The van der Waals surface area contributed by atoms with Crippen molar-refractivity contribution in [1.29, 1.82) is 5.26 Å². The molecular weight excluding hydrogens is 464 g/mol. The number of pyridine rings is 1. The van der Waals surface area contributed by atoms with Crippen LogP contribution in [0.4, 0.5) is 5.69 Å². The van der Waals surface area contributed by atoms with E-state index in [0.29, 0.717) is 24.3 Å². The first-order chi connectivity index (χ1) is 16.8. The van der Waals surface area contributed by atoms with E-state index < -0.39 is 10.0 Å². The van der Waals surface area contributed by atoms with Crippen molar-refractivity contribution in [3.63, 3.8) is 0 Å². The van der Waals surface area contributed by atoms with E-state index in [2.05, 4.69) is 11.4 Å². The van der Waals surface area contributed by atoms with Crippen molar-refractivity contribution in [1.82, 2.24) is 8.87 Å². The second-order valence-electron chi connectivity index (χ2n) is 9.10. The summed E-state index contributed by atoms with van der Waals surface area (Å²) in [6.07, 6.45) is 0.794. The molecule has 2 atom stereocenters. The van der Waals surface area contributed by atoms with Crippen molar-refractivity contribution in [3.8, 4) is 17.2 Å². The van der Waals surface area contributed by atoms with E-state index in [1.165, 1.54) is 23.4 Å². The Morgan fingerprint density at radius 1 is 1.06 bits per heavy atom. The highest BCUT2D eigenvalue weighted by Gasteiger charge is 2.40. The van der Waals surface area contributed by atoms with Crippen LogP contribution in [0.15, 0.2) is 70.4 Å². The number of carbonyl (C=O) groups excluding carboxylic acids is 1. The number of sulfonamides is 1. The van der Waals surface area contributed by atoms with Gasteiger partial charge in [0.25, 0.3) is 5.56 Å². The van der Waals surface area contributed by atoms with Gasteiger partial charge in [-0.05, 0) is 60.4 Å². The Bertz CT molecular complexity index is 1520. The predicted molar refractivity (Wildman–Crippen MR) is 131 cm³/mol. The van der Waals surface area contributed by atoms with Gasteiger partial charge in [-0.25, -0.2) is 8.42 Å². The normalized spacial score (nSPS) is 19.4. The van der Waals surface area contributed by atoms with E-state index >= 15 is 0 Å². The lowest BCUT2D eigenvalue weighted by atomic mass is 9.81. The van der Waals surface area contributed by atoms with E-state index in [1.807, 2.05) is 12.1 Å². The first-order valence-electron chi connectivity index (χ1n) is 11.4. The summed E-state index contributed by atoms with van der Waals surface area (Å²) < 4.78 is 30.3. The number of nitrogens with one attached hydrogen (secondary N) is 1. The average Bonchev–Trinajstić information content (AvgIpc) is 2.84. The molecule has 3 aromatic rings. The minimum atomic E-state index is -3.76. The number of rotatable bonds is 4. The van der Waals surface area contributed by atoms with Gasteiger partial charge >= 0.3 is 0 Å². The molecule has 1 fully saturated rings. The molecule has 9 heteroatoms. The van der Waals surface area contributed by atoms with E-state index in [0.717, 1.165) is 23.2 Å². The number of fused-ring (bicyclic) bond motifs is 4. The summed E-state index contributed by atoms with van der Waals surface area (Å²) in [6.45, 7) is 2.45. The summed E-state index contributed by atoms with van der Waals surface area (Å²) in [6, 6.07) is 18.9. The SMILES string of the molecule is CC(=O)Nc1ccc(S(=O)(=O)N2C[C@H]3C[C@H](C2)c2c(-c4cccc(C#N)c4)ccc(=O)n2C3)cc1. The van der Waals surface area contributed by atoms with Crippen LogP contribution in [-0.4, -0.2) is 36.3 Å². The van der Waals surface area contributed by atoms with Gasteiger partial charge in [0, 0.05) is 55.5 Å². The van der Waals surface area contributed by atoms with Gasteiger partial charge in [0.2, 0.25) is 15.9 Å². The molecule has 2 aliphatic heterocycles. The minimum absolute atomic E-state index is 0.0214. The smallest absolute Gasteiger partial charge is 0.250 e. The molecule has 3 heterocycles. The van der Waals surface area contributed by atoms with Crippen LogP contribution in [0.25, 0.3) is 11.1 Å². The Kier molecular flexibility index (Phi) is 5.79. The lowest BCUT2D eigenvalue weighted by Crippen LogP contribution is -2.49. The van der Waals surface area contributed by atoms with Crippen LogP contribution in [0.1, 0.15) is 30.5 Å². The zero-order valence-corrected chi connectivity index (χ0v) is 20.0. The summed E-state index contributed by atoms with van der Waals surface area (Å²) >= 11 is 0. The van der Waals surface area contributed by atoms with Crippen molar-refractivity contribution in [2.75, 3.05) is 18.4 Å². The molecule has 0 aliphatic carbocycles. The molecule has 0 radical (unpaired) electrons. The van der Waals surface area contributed by atoms with Gasteiger partial charge < -0.3 is 9.88 Å². The molecule has 2 bridgehead atoms. The van der Waals surface area contributed by atoms with Gasteiger partial charge in [-0.3, -0.25) is 9.59 Å². The third-order valence-corrected chi connectivity index (χ3v) is 8.52. The summed E-state index contributed by atoms with van der Waals surface area (Å²) in [7, 11) is -3.76. The van der Waals surface area contributed by atoms with E-state index in [-0.39, 0.29) is 34.7 Å². The van der Waals surface area contributed by atoms with Crippen molar-refractivity contribution >= 4 is 21.6 Å². The number of amides is 1. The maximum Gasteiger partial charge on any atom is 0.250 e. The highest BCUT2D eigenvalue weighted by atomic mass is 32.2. The van der Waals surface area contributed by atoms with E-state index in [4.69, 9.17) is 0 Å². The predicted octanol–water partition coefficient (Wildman–Crippen LogP) is 3.15. The molecule has 2 aliphatic rings. The van der Waals surface area contributed by atoms with Crippen LogP contribution >= 0.6 is 0 Å². The number of piperidine rings is 1. The number of benzene rings is 2. The van der Waals surface area contributed by atoms with Crippen LogP contribution in [0.3, 0.4) is 0 Å². The first-order valence-corrected chi connectivity index (χ1v) is 12.8. The van der Waals surface area contributed by atoms with Gasteiger partial charge in [0.15, 0.2) is 0 Å². The number of aromatic nitrogens is 1. The molecule has 1 aromatic heterocycles. The Morgan fingerprint density at radius 3 is 2.54 bits per heavy atom. The number of carbonyl (C=O) groups is 1. The molecule has 1 saturated heterocycles. The van der Waals surface area contributed by atoms with Crippen molar-refractivity contribution < 1.29 is 13.2 Å². The van der Waals surface area contributed by atoms with Crippen molar-refractivity contribution in [2.45, 2.75) is 30.7 Å². The average molecular weight is 489 g/mol. The molecule has 0 spiro atoms. The van der Waals surface area contributed by atoms with Gasteiger partial charge in [0.05, 0.1) is 16.5 Å². The molecule has 0 unspecified atom stereocenters. The molecule has 1 N–H and O–H groups in total. The van der Waals surface area contributed by atoms with Crippen molar-refractivity contribution in [3.05, 3.63) is 82.3 Å². The largest absolute Gasteiger partial charge is 0.326 e. The molecule has 1 amide bonds. The number of nitrogens with zero attached hydrogens (tertiary/aromatic N) is 3. The van der Waals surface area contributed by atoms with Gasteiger partial charge in [-0.15, -0.1) is 0 Å². The zero-order chi connectivity index (χ0) is 24.7. The zero-order valence-electron chi connectivity index (χ0n) is 19.1. The van der Waals surface area contributed by atoms with Crippen LogP contribution in [0.2, 0.25) is 0 Å². The molecule has 8 nitrogen and oxygen atoms in total. The molecule has 0 saturated carbocycles. The van der Waals surface area contributed by atoms with E-state index in [9.17, 15) is 23.3 Å². The van der Waals surface area contributed by atoms with Crippen LogP contribution in [0, 0.1) is 17.2 Å². The first kappa shape index (κ1) is 23.0. The van der Waals surface area contributed by atoms with E-state index in [1.54, 1.807) is 41.0 Å². The van der Waals surface area contributed by atoms with Crippen LogP contribution in [0.5, 0.6) is 0 Å². The lowest BCUT2D eigenvalue weighted by molar-refractivity contribution is -0.114. The second-order valence-corrected chi connectivity index (χ2v) is 11.0. The topological polar surface area (TPSA) is 112 Å². The minimum Gasteiger partial charge on any atom is -0.326 e.